The number of aryl methyl sites for hydroxylation is 2. The molecular weight excluding hydrogens is 480 g/mol. The van der Waals surface area contributed by atoms with Gasteiger partial charge < -0.3 is 18.8 Å². The molecule has 0 amide bonds. The Balaban J connectivity index is 1.53. The summed E-state index contributed by atoms with van der Waals surface area (Å²) in [6.07, 6.45) is 4.07. The van der Waals surface area contributed by atoms with E-state index in [-0.39, 0.29) is 5.56 Å². The molecule has 3 aromatic heterocycles. The predicted molar refractivity (Wildman–Crippen MR) is 139 cm³/mol. The summed E-state index contributed by atoms with van der Waals surface area (Å²) in [5.41, 5.74) is 4.77. The average molecular weight is 505 g/mol. The first-order valence-electron chi connectivity index (χ1n) is 11.4. The maximum Gasteiger partial charge on any atom is 0.261 e. The molecule has 5 aromatic rings. The average Bonchev–Trinajstić information content (AvgIpc) is 3.27. The molecule has 184 valence electrons. The first-order chi connectivity index (χ1) is 17.5. The quantitative estimate of drug-likeness (QED) is 0.303. The number of methoxy groups -OCH3 is 3. The number of hydrogen-bond donors (Lipinski definition) is 0. The number of ether oxygens (including phenoxy) is 3. The molecule has 0 atom stereocenters. The van der Waals surface area contributed by atoms with E-state index in [0.29, 0.717) is 52.6 Å². The zero-order valence-corrected chi connectivity index (χ0v) is 21.0. The van der Waals surface area contributed by atoms with Gasteiger partial charge in [-0.3, -0.25) is 4.79 Å². The number of aromatic nitrogens is 4. The topological polar surface area (TPSA) is 79.9 Å². The van der Waals surface area contributed by atoms with E-state index in [1.165, 1.54) is 0 Å². The van der Waals surface area contributed by atoms with Gasteiger partial charge in [0, 0.05) is 31.1 Å². The zero-order chi connectivity index (χ0) is 25.2. The van der Waals surface area contributed by atoms with Gasteiger partial charge in [-0.2, -0.15) is 5.10 Å². The van der Waals surface area contributed by atoms with Gasteiger partial charge in [0.05, 0.1) is 43.0 Å². The van der Waals surface area contributed by atoms with Crippen molar-refractivity contribution in [1.82, 2.24) is 19.2 Å². The van der Waals surface area contributed by atoms with E-state index in [1.54, 1.807) is 42.8 Å². The summed E-state index contributed by atoms with van der Waals surface area (Å²) in [6.45, 7) is 0.817. The molecule has 0 saturated heterocycles. The van der Waals surface area contributed by atoms with Crippen LogP contribution in [0.15, 0.2) is 65.7 Å². The molecule has 0 fully saturated rings. The number of benzene rings is 2. The highest BCUT2D eigenvalue weighted by Gasteiger charge is 2.19. The van der Waals surface area contributed by atoms with Crippen LogP contribution in [-0.2, 0) is 24.3 Å². The Morgan fingerprint density at radius 1 is 0.972 bits per heavy atom. The molecule has 0 aliphatic heterocycles. The van der Waals surface area contributed by atoms with Crippen LogP contribution < -0.4 is 15.0 Å². The van der Waals surface area contributed by atoms with Gasteiger partial charge in [-0.15, -0.1) is 0 Å². The van der Waals surface area contributed by atoms with Gasteiger partial charge in [-0.05, 0) is 47.9 Å². The molecule has 0 aliphatic rings. The van der Waals surface area contributed by atoms with E-state index >= 15 is 0 Å². The predicted octanol–water partition coefficient (Wildman–Crippen LogP) is 4.77. The summed E-state index contributed by atoms with van der Waals surface area (Å²) in [7, 11) is 4.83. The summed E-state index contributed by atoms with van der Waals surface area (Å²) in [6, 6.07) is 15.2. The number of nitrogens with zero attached hydrogens (tertiary/aromatic N) is 4. The maximum absolute atomic E-state index is 13.3. The standard InChI is InChI=1S/C27H25ClN4O4/c1-34-16-21-25(18-5-7-19(28)8-6-18)26-29-15-20-22(32(26)30-21)11-13-31(27(20)33)12-10-17-4-9-23(35-2)24(14-17)36-3/h4-9,11,13-15H,10,12,16H2,1-3H3. The van der Waals surface area contributed by atoms with Gasteiger partial charge in [-0.1, -0.05) is 29.8 Å². The second-order valence-electron chi connectivity index (χ2n) is 8.31. The molecular formula is C27H25ClN4O4. The lowest BCUT2D eigenvalue weighted by Gasteiger charge is -2.11. The highest BCUT2D eigenvalue weighted by molar-refractivity contribution is 6.30. The monoisotopic (exact) mass is 504 g/mol. The van der Waals surface area contributed by atoms with Crippen molar-refractivity contribution in [3.63, 3.8) is 0 Å². The first kappa shape index (κ1) is 23.8. The van der Waals surface area contributed by atoms with E-state index in [4.69, 9.17) is 30.9 Å². The summed E-state index contributed by atoms with van der Waals surface area (Å²) in [5.74, 6) is 1.33. The number of pyridine rings is 1. The van der Waals surface area contributed by atoms with Crippen molar-refractivity contribution < 1.29 is 14.2 Å². The second kappa shape index (κ2) is 10.0. The largest absolute Gasteiger partial charge is 0.493 e. The third-order valence-electron chi connectivity index (χ3n) is 6.16. The van der Waals surface area contributed by atoms with Gasteiger partial charge >= 0.3 is 0 Å². The summed E-state index contributed by atoms with van der Waals surface area (Å²) in [5, 5.41) is 5.89. The Bertz CT molecular complexity index is 1610. The molecule has 0 bridgehead atoms. The van der Waals surface area contributed by atoms with Crippen molar-refractivity contribution in [1.29, 1.82) is 0 Å². The third-order valence-corrected chi connectivity index (χ3v) is 6.41. The fourth-order valence-electron chi connectivity index (χ4n) is 4.37. The Morgan fingerprint density at radius 3 is 2.47 bits per heavy atom. The van der Waals surface area contributed by atoms with Crippen molar-refractivity contribution >= 4 is 28.2 Å². The van der Waals surface area contributed by atoms with Gasteiger partial charge in [0.2, 0.25) is 0 Å². The first-order valence-corrected chi connectivity index (χ1v) is 11.8. The van der Waals surface area contributed by atoms with Gasteiger partial charge in [0.25, 0.3) is 5.56 Å². The molecule has 0 N–H and O–H groups in total. The molecule has 3 heterocycles. The SMILES string of the molecule is COCc1nn2c(ncc3c(=O)n(CCc4ccc(OC)c(OC)c4)ccc32)c1-c1ccc(Cl)cc1. The van der Waals surface area contributed by atoms with Crippen LogP contribution in [0.1, 0.15) is 11.3 Å². The van der Waals surface area contributed by atoms with Crippen molar-refractivity contribution in [3.8, 4) is 22.6 Å². The molecule has 0 spiro atoms. The van der Waals surface area contributed by atoms with Gasteiger partial charge in [-0.25, -0.2) is 9.50 Å². The lowest BCUT2D eigenvalue weighted by molar-refractivity contribution is 0.181. The van der Waals surface area contributed by atoms with Crippen molar-refractivity contribution in [2.24, 2.45) is 0 Å². The number of rotatable bonds is 8. The third kappa shape index (κ3) is 4.29. The van der Waals surface area contributed by atoms with E-state index in [9.17, 15) is 4.79 Å². The number of hydrogen-bond acceptors (Lipinski definition) is 6. The Kier molecular flexibility index (Phi) is 6.63. The van der Waals surface area contributed by atoms with E-state index < -0.39 is 0 Å². The molecule has 0 unspecified atom stereocenters. The summed E-state index contributed by atoms with van der Waals surface area (Å²) >= 11 is 6.09. The van der Waals surface area contributed by atoms with Crippen molar-refractivity contribution in [3.05, 3.63) is 87.6 Å². The fourth-order valence-corrected chi connectivity index (χ4v) is 4.49. The molecule has 36 heavy (non-hydrogen) atoms. The van der Waals surface area contributed by atoms with Crippen LogP contribution in [0.4, 0.5) is 0 Å². The van der Waals surface area contributed by atoms with Crippen LogP contribution in [-0.4, -0.2) is 40.5 Å². The zero-order valence-electron chi connectivity index (χ0n) is 20.2. The van der Waals surface area contributed by atoms with Gasteiger partial charge in [0.1, 0.15) is 0 Å². The Labute approximate surface area is 212 Å². The van der Waals surface area contributed by atoms with Crippen molar-refractivity contribution in [2.45, 2.75) is 19.6 Å². The van der Waals surface area contributed by atoms with Crippen LogP contribution in [0.2, 0.25) is 5.02 Å². The second-order valence-corrected chi connectivity index (χ2v) is 8.74. The minimum absolute atomic E-state index is 0.126. The molecule has 0 saturated carbocycles. The molecule has 2 aromatic carbocycles. The van der Waals surface area contributed by atoms with Crippen molar-refractivity contribution in [2.75, 3.05) is 21.3 Å². The molecule has 0 radical (unpaired) electrons. The molecule has 5 rings (SSSR count). The van der Waals surface area contributed by atoms with Crippen LogP contribution in [0.25, 0.3) is 27.7 Å². The molecule has 0 aliphatic carbocycles. The Morgan fingerprint density at radius 2 is 1.75 bits per heavy atom. The summed E-state index contributed by atoms with van der Waals surface area (Å²) in [4.78, 5) is 18.0. The molecule has 8 nitrogen and oxygen atoms in total. The fraction of sp³-hybridized carbons (Fsp3) is 0.222. The number of halogens is 1. The van der Waals surface area contributed by atoms with Crippen LogP contribution >= 0.6 is 11.6 Å². The summed E-state index contributed by atoms with van der Waals surface area (Å²) < 4.78 is 19.5. The van der Waals surface area contributed by atoms with Crippen LogP contribution in [0.5, 0.6) is 11.5 Å². The van der Waals surface area contributed by atoms with Crippen LogP contribution in [0.3, 0.4) is 0 Å². The normalized spacial score (nSPS) is 11.3. The highest BCUT2D eigenvalue weighted by Crippen LogP contribution is 2.31. The smallest absolute Gasteiger partial charge is 0.261 e. The number of fused-ring (bicyclic) bond motifs is 3. The Hall–Kier alpha value is -3.88. The maximum atomic E-state index is 13.3. The van der Waals surface area contributed by atoms with E-state index in [1.807, 2.05) is 48.5 Å². The minimum Gasteiger partial charge on any atom is -0.493 e. The van der Waals surface area contributed by atoms with E-state index in [2.05, 4.69) is 4.98 Å². The van der Waals surface area contributed by atoms with Gasteiger partial charge in [0.15, 0.2) is 17.1 Å². The van der Waals surface area contributed by atoms with E-state index in [0.717, 1.165) is 22.4 Å². The lowest BCUT2D eigenvalue weighted by Crippen LogP contribution is -2.21. The molecule has 9 heteroatoms. The highest BCUT2D eigenvalue weighted by atomic mass is 35.5. The van der Waals surface area contributed by atoms with Crippen LogP contribution in [0, 0.1) is 0 Å². The lowest BCUT2D eigenvalue weighted by atomic mass is 10.1. The minimum atomic E-state index is -0.126.